The van der Waals surface area contributed by atoms with E-state index in [0.717, 1.165) is 12.8 Å². The number of urea groups is 1. The number of hydrogen-bond acceptors (Lipinski definition) is 7. The fourth-order valence-electron chi connectivity index (χ4n) is 4.45. The number of rotatable bonds is 10. The molecule has 14 heteroatoms. The SMILES string of the molecule is CC(C)N1c2ccc(NC(=O)NCC(OCI)C(=O)Nc3ccc(C#N)c(Cl)c3F)cc2C(=O)N(CC2CC2)C1O. The van der Waals surface area contributed by atoms with Crippen LogP contribution in [0.1, 0.15) is 42.6 Å². The molecule has 0 radical (unpaired) electrons. The number of anilines is 3. The largest absolute Gasteiger partial charge is 0.356 e. The van der Waals surface area contributed by atoms with Crippen LogP contribution in [0.3, 0.4) is 0 Å². The van der Waals surface area contributed by atoms with Gasteiger partial charge in [0.2, 0.25) is 6.35 Å². The third-order valence-corrected chi connectivity index (χ3v) is 7.45. The molecule has 218 valence electrons. The van der Waals surface area contributed by atoms with E-state index in [2.05, 4.69) is 16.0 Å². The number of nitriles is 1. The molecule has 4 amide bonds. The number of fused-ring (bicyclic) bond motifs is 1. The maximum atomic E-state index is 14.5. The lowest BCUT2D eigenvalue weighted by atomic mass is 10.0. The van der Waals surface area contributed by atoms with E-state index in [0.29, 0.717) is 29.4 Å². The fraction of sp³-hybridized carbons (Fsp3) is 0.407. The average Bonchev–Trinajstić information content (AvgIpc) is 3.76. The minimum Gasteiger partial charge on any atom is -0.356 e. The molecule has 1 heterocycles. The van der Waals surface area contributed by atoms with Crippen molar-refractivity contribution in [3.8, 4) is 6.07 Å². The highest BCUT2D eigenvalue weighted by molar-refractivity contribution is 14.1. The molecule has 11 nitrogen and oxygen atoms in total. The molecule has 2 aromatic carbocycles. The summed E-state index contributed by atoms with van der Waals surface area (Å²) in [5, 5.41) is 27.1. The lowest BCUT2D eigenvalue weighted by Gasteiger charge is -2.44. The molecule has 2 aromatic rings. The van der Waals surface area contributed by atoms with Gasteiger partial charge in [0.1, 0.15) is 6.07 Å². The summed E-state index contributed by atoms with van der Waals surface area (Å²) < 4.78 is 20.0. The van der Waals surface area contributed by atoms with E-state index in [-0.39, 0.29) is 34.4 Å². The number of ether oxygens (including phenoxy) is 1. The fourth-order valence-corrected chi connectivity index (χ4v) is 5.10. The van der Waals surface area contributed by atoms with Crippen molar-refractivity contribution < 1.29 is 28.6 Å². The molecule has 0 aromatic heterocycles. The first-order valence-corrected chi connectivity index (χ1v) is 14.8. The van der Waals surface area contributed by atoms with Crippen molar-refractivity contribution in [2.75, 3.05) is 33.2 Å². The van der Waals surface area contributed by atoms with E-state index in [4.69, 9.17) is 21.6 Å². The van der Waals surface area contributed by atoms with Crippen LogP contribution in [-0.2, 0) is 9.53 Å². The quantitative estimate of drug-likeness (QED) is 0.214. The number of aliphatic hydroxyl groups is 1. The number of aliphatic hydroxyl groups excluding tert-OH is 1. The Morgan fingerprint density at radius 2 is 2.00 bits per heavy atom. The molecule has 0 saturated heterocycles. The summed E-state index contributed by atoms with van der Waals surface area (Å²) in [4.78, 5) is 42.0. The van der Waals surface area contributed by atoms with Crippen LogP contribution in [0.4, 0.5) is 26.2 Å². The number of benzene rings is 2. The molecule has 1 saturated carbocycles. The Balaban J connectivity index is 1.42. The first-order chi connectivity index (χ1) is 19.5. The molecule has 2 unspecified atom stereocenters. The summed E-state index contributed by atoms with van der Waals surface area (Å²) in [6.45, 7) is 4.05. The Kier molecular flexibility index (Phi) is 9.90. The highest BCUT2D eigenvalue weighted by atomic mass is 127. The average molecular weight is 699 g/mol. The maximum Gasteiger partial charge on any atom is 0.319 e. The summed E-state index contributed by atoms with van der Waals surface area (Å²) >= 11 is 7.72. The van der Waals surface area contributed by atoms with Gasteiger partial charge in [0.25, 0.3) is 11.8 Å². The predicted octanol–water partition coefficient (Wildman–Crippen LogP) is 4.25. The van der Waals surface area contributed by atoms with Crippen molar-refractivity contribution in [1.82, 2.24) is 10.2 Å². The van der Waals surface area contributed by atoms with Gasteiger partial charge in [0.05, 0.1) is 38.7 Å². The smallest absolute Gasteiger partial charge is 0.319 e. The molecule has 41 heavy (non-hydrogen) atoms. The van der Waals surface area contributed by atoms with Crippen molar-refractivity contribution >= 4 is 69.1 Å². The van der Waals surface area contributed by atoms with Crippen LogP contribution in [0.15, 0.2) is 30.3 Å². The van der Waals surface area contributed by atoms with Crippen molar-refractivity contribution in [2.24, 2.45) is 5.92 Å². The minimum absolute atomic E-state index is 0.0758. The Morgan fingerprint density at radius 3 is 2.63 bits per heavy atom. The minimum atomic E-state index is -1.17. The maximum absolute atomic E-state index is 14.5. The first-order valence-electron chi connectivity index (χ1n) is 12.9. The number of hydrogen-bond donors (Lipinski definition) is 4. The number of nitrogens with one attached hydrogen (secondary N) is 3. The number of halogens is 3. The van der Waals surface area contributed by atoms with Gasteiger partial charge >= 0.3 is 6.03 Å². The Hall–Kier alpha value is -3.19. The lowest BCUT2D eigenvalue weighted by molar-refractivity contribution is -0.125. The van der Waals surface area contributed by atoms with Gasteiger partial charge < -0.3 is 30.7 Å². The third kappa shape index (κ3) is 7.00. The van der Waals surface area contributed by atoms with Crippen molar-refractivity contribution in [3.63, 3.8) is 0 Å². The molecule has 0 spiro atoms. The lowest BCUT2D eigenvalue weighted by Crippen LogP contribution is -2.58. The van der Waals surface area contributed by atoms with Crippen LogP contribution in [0.25, 0.3) is 0 Å². The van der Waals surface area contributed by atoms with E-state index in [1.54, 1.807) is 29.2 Å². The van der Waals surface area contributed by atoms with Crippen molar-refractivity contribution in [1.29, 1.82) is 5.26 Å². The van der Waals surface area contributed by atoms with Crippen LogP contribution in [0.2, 0.25) is 5.02 Å². The van der Waals surface area contributed by atoms with E-state index >= 15 is 0 Å². The van der Waals surface area contributed by atoms with Crippen LogP contribution in [-0.4, -0.2) is 64.1 Å². The van der Waals surface area contributed by atoms with Gasteiger partial charge in [-0.2, -0.15) is 5.26 Å². The molecule has 0 bridgehead atoms. The second-order valence-corrected chi connectivity index (χ2v) is 11.0. The van der Waals surface area contributed by atoms with Crippen LogP contribution >= 0.6 is 34.2 Å². The van der Waals surface area contributed by atoms with Gasteiger partial charge in [-0.05, 0) is 62.9 Å². The highest BCUT2D eigenvalue weighted by Crippen LogP contribution is 2.37. The number of alkyl halides is 1. The molecular weight excluding hydrogens is 670 g/mol. The number of amides is 4. The summed E-state index contributed by atoms with van der Waals surface area (Å²) in [6.07, 6.45) is -0.215. The second kappa shape index (κ2) is 13.2. The molecule has 1 aliphatic heterocycles. The number of carbonyl (C=O) groups excluding carboxylic acids is 3. The molecule has 2 aliphatic rings. The highest BCUT2D eigenvalue weighted by Gasteiger charge is 2.40. The van der Waals surface area contributed by atoms with Gasteiger partial charge in [-0.1, -0.05) is 34.2 Å². The molecule has 2 atom stereocenters. The van der Waals surface area contributed by atoms with Crippen LogP contribution < -0.4 is 20.9 Å². The Bertz CT molecular complexity index is 1380. The normalized spacial score (nSPS) is 17.1. The Labute approximate surface area is 255 Å². The van der Waals surface area contributed by atoms with E-state index in [1.165, 1.54) is 17.0 Å². The van der Waals surface area contributed by atoms with Crippen LogP contribution in [0, 0.1) is 23.1 Å². The van der Waals surface area contributed by atoms with E-state index < -0.39 is 35.2 Å². The first kappa shape index (κ1) is 30.8. The third-order valence-electron chi connectivity index (χ3n) is 6.72. The summed E-state index contributed by atoms with van der Waals surface area (Å²) in [5.41, 5.74) is 0.953. The molecule has 1 aliphatic carbocycles. The van der Waals surface area contributed by atoms with Gasteiger partial charge in [-0.3, -0.25) is 14.5 Å². The van der Waals surface area contributed by atoms with Gasteiger partial charge in [0.15, 0.2) is 11.9 Å². The van der Waals surface area contributed by atoms with Gasteiger partial charge in [0, 0.05) is 18.3 Å². The van der Waals surface area contributed by atoms with Gasteiger partial charge in [-0.25, -0.2) is 9.18 Å². The Morgan fingerprint density at radius 1 is 1.27 bits per heavy atom. The summed E-state index contributed by atoms with van der Waals surface area (Å²) in [5.74, 6) is -1.64. The summed E-state index contributed by atoms with van der Waals surface area (Å²) in [6, 6.07) is 8.34. The van der Waals surface area contributed by atoms with Crippen LogP contribution in [0.5, 0.6) is 0 Å². The molecule has 4 rings (SSSR count). The zero-order valence-corrected chi connectivity index (χ0v) is 25.2. The van der Waals surface area contributed by atoms with Gasteiger partial charge in [-0.15, -0.1) is 0 Å². The number of carbonyl (C=O) groups is 3. The molecule has 4 N–H and O–H groups in total. The molecular formula is C27H29ClFIN6O5. The topological polar surface area (TPSA) is 147 Å². The van der Waals surface area contributed by atoms with E-state index in [9.17, 15) is 23.9 Å². The van der Waals surface area contributed by atoms with Crippen molar-refractivity contribution in [2.45, 2.75) is 45.2 Å². The molecule has 1 fully saturated rings. The zero-order chi connectivity index (χ0) is 29.8. The zero-order valence-electron chi connectivity index (χ0n) is 22.3. The predicted molar refractivity (Wildman–Crippen MR) is 159 cm³/mol. The second-order valence-electron chi connectivity index (χ2n) is 9.97. The monoisotopic (exact) mass is 698 g/mol. The van der Waals surface area contributed by atoms with E-state index in [1.807, 2.05) is 36.4 Å². The summed E-state index contributed by atoms with van der Waals surface area (Å²) in [7, 11) is 0. The number of nitrogens with zero attached hydrogens (tertiary/aromatic N) is 3. The standard InChI is InChI=1S/C27H29ClFIN6O5/c1-14(2)36-20-8-6-17(9-18(20)25(38)35(27(36)40)12-15-3-4-15)33-26(39)32-11-21(41-13-30)24(37)34-19-7-5-16(10-31)22(28)23(19)29/h5-9,14-15,21,27,40H,3-4,11-13H2,1-2H3,(H,34,37)(H2,32,33,39). The van der Waals surface area contributed by atoms with Crippen molar-refractivity contribution in [3.05, 3.63) is 52.3 Å².